The molecule has 0 spiro atoms. The van der Waals surface area contributed by atoms with Gasteiger partial charge in [0.2, 0.25) is 11.8 Å². The zero-order valence-electron chi connectivity index (χ0n) is 11.0. The number of hydrogen-bond donors (Lipinski definition) is 1. The second kappa shape index (κ2) is 6.59. The van der Waals surface area contributed by atoms with Gasteiger partial charge in [-0.05, 0) is 13.0 Å². The largest absolute Gasteiger partial charge is 0.342 e. The van der Waals surface area contributed by atoms with Crippen molar-refractivity contribution in [3.8, 4) is 0 Å². The second-order valence-corrected chi connectivity index (χ2v) is 4.84. The molecule has 1 aliphatic rings. The number of amides is 2. The average Bonchev–Trinajstić information content (AvgIpc) is 2.27. The number of piperazine rings is 1. The molecule has 0 saturated carbocycles. The summed E-state index contributed by atoms with van der Waals surface area (Å²) in [6.07, 6.45) is 1.36. The van der Waals surface area contributed by atoms with Gasteiger partial charge in [-0.15, -0.1) is 0 Å². The maximum atomic E-state index is 11.8. The van der Waals surface area contributed by atoms with Gasteiger partial charge < -0.3 is 15.1 Å². The molecule has 1 rings (SSSR count). The van der Waals surface area contributed by atoms with E-state index in [0.29, 0.717) is 25.6 Å². The molecule has 0 bridgehead atoms. The molecule has 1 saturated heterocycles. The molecule has 1 heterocycles. The highest BCUT2D eigenvalue weighted by Gasteiger charge is 2.24. The number of carbonyl (C=O) groups excluding carboxylic acids is 2. The minimum atomic E-state index is 0.0323. The molecule has 0 radical (unpaired) electrons. The van der Waals surface area contributed by atoms with Crippen LogP contribution in [0.4, 0.5) is 0 Å². The van der Waals surface area contributed by atoms with Gasteiger partial charge in [0.25, 0.3) is 0 Å². The van der Waals surface area contributed by atoms with Crippen molar-refractivity contribution in [2.45, 2.75) is 32.7 Å². The molecule has 0 atom stereocenters. The van der Waals surface area contributed by atoms with Gasteiger partial charge in [0.15, 0.2) is 0 Å². The van der Waals surface area contributed by atoms with Crippen LogP contribution in [0.5, 0.6) is 0 Å². The smallest absolute Gasteiger partial charge is 0.241 e. The molecule has 0 unspecified atom stereocenters. The summed E-state index contributed by atoms with van der Waals surface area (Å²) < 4.78 is 0. The first-order chi connectivity index (χ1) is 8.00. The average molecular weight is 241 g/mol. The number of nitrogens with zero attached hydrogens (tertiary/aromatic N) is 2. The van der Waals surface area contributed by atoms with Crippen LogP contribution in [0.3, 0.4) is 0 Å². The lowest BCUT2D eigenvalue weighted by Gasteiger charge is -2.32. The van der Waals surface area contributed by atoms with Gasteiger partial charge in [0.05, 0.1) is 6.54 Å². The summed E-state index contributed by atoms with van der Waals surface area (Å²) in [4.78, 5) is 26.6. The minimum absolute atomic E-state index is 0.0323. The summed E-state index contributed by atoms with van der Waals surface area (Å²) in [5.74, 6) is 0.127. The van der Waals surface area contributed by atoms with Crippen LogP contribution < -0.4 is 5.32 Å². The van der Waals surface area contributed by atoms with Crippen LogP contribution in [-0.4, -0.2) is 60.9 Å². The van der Waals surface area contributed by atoms with E-state index in [4.69, 9.17) is 0 Å². The van der Waals surface area contributed by atoms with E-state index >= 15 is 0 Å². The molecule has 1 fully saturated rings. The third-order valence-electron chi connectivity index (χ3n) is 2.93. The van der Waals surface area contributed by atoms with Gasteiger partial charge in [-0.2, -0.15) is 0 Å². The van der Waals surface area contributed by atoms with Gasteiger partial charge in [0.1, 0.15) is 0 Å². The topological polar surface area (TPSA) is 52.7 Å². The molecule has 1 aliphatic heterocycles. The van der Waals surface area contributed by atoms with E-state index in [1.807, 2.05) is 0 Å². The standard InChI is InChI=1S/C12H23N3O2/c1-10(2)13-6-4-5-11(16)15-8-7-14(3)12(17)9-15/h10,13H,4-9H2,1-3H3. The fraction of sp³-hybridized carbons (Fsp3) is 0.833. The quantitative estimate of drug-likeness (QED) is 0.693. The van der Waals surface area contributed by atoms with Gasteiger partial charge in [-0.1, -0.05) is 13.8 Å². The summed E-state index contributed by atoms with van der Waals surface area (Å²) in [7, 11) is 1.77. The van der Waals surface area contributed by atoms with Crippen LogP contribution >= 0.6 is 0 Å². The second-order valence-electron chi connectivity index (χ2n) is 4.84. The zero-order valence-corrected chi connectivity index (χ0v) is 11.0. The van der Waals surface area contributed by atoms with Crippen molar-refractivity contribution in [2.75, 3.05) is 33.2 Å². The van der Waals surface area contributed by atoms with Gasteiger partial charge >= 0.3 is 0 Å². The van der Waals surface area contributed by atoms with Crippen LogP contribution in [0, 0.1) is 0 Å². The normalized spacial score (nSPS) is 16.8. The molecular weight excluding hydrogens is 218 g/mol. The summed E-state index contributed by atoms with van der Waals surface area (Å²) in [5, 5.41) is 3.27. The van der Waals surface area contributed by atoms with Crippen LogP contribution in [0.2, 0.25) is 0 Å². The van der Waals surface area contributed by atoms with Crippen molar-refractivity contribution < 1.29 is 9.59 Å². The molecule has 5 heteroatoms. The third-order valence-corrected chi connectivity index (χ3v) is 2.93. The van der Waals surface area contributed by atoms with E-state index in [0.717, 1.165) is 13.0 Å². The first-order valence-electron chi connectivity index (χ1n) is 6.26. The highest BCUT2D eigenvalue weighted by atomic mass is 16.2. The van der Waals surface area contributed by atoms with E-state index < -0.39 is 0 Å². The Morgan fingerprint density at radius 3 is 2.71 bits per heavy atom. The lowest BCUT2D eigenvalue weighted by atomic mass is 10.2. The maximum Gasteiger partial charge on any atom is 0.241 e. The minimum Gasteiger partial charge on any atom is -0.342 e. The molecule has 0 aliphatic carbocycles. The van der Waals surface area contributed by atoms with Crippen molar-refractivity contribution in [3.63, 3.8) is 0 Å². The molecular formula is C12H23N3O2. The molecule has 1 N–H and O–H groups in total. The predicted molar refractivity (Wildman–Crippen MR) is 66.6 cm³/mol. The van der Waals surface area contributed by atoms with Crippen LogP contribution in [-0.2, 0) is 9.59 Å². The lowest BCUT2D eigenvalue weighted by Crippen LogP contribution is -2.50. The van der Waals surface area contributed by atoms with E-state index in [9.17, 15) is 9.59 Å². The molecule has 98 valence electrons. The Morgan fingerprint density at radius 1 is 1.41 bits per heavy atom. The van der Waals surface area contributed by atoms with Crippen molar-refractivity contribution in [1.82, 2.24) is 15.1 Å². The van der Waals surface area contributed by atoms with Crippen molar-refractivity contribution in [1.29, 1.82) is 0 Å². The van der Waals surface area contributed by atoms with Crippen LogP contribution in [0.1, 0.15) is 26.7 Å². The molecule has 0 aromatic carbocycles. The lowest BCUT2D eigenvalue weighted by molar-refractivity contribution is -0.144. The monoisotopic (exact) mass is 241 g/mol. The molecule has 0 aromatic rings. The number of hydrogen-bond acceptors (Lipinski definition) is 3. The molecule has 17 heavy (non-hydrogen) atoms. The zero-order chi connectivity index (χ0) is 12.8. The Hall–Kier alpha value is -1.10. The van der Waals surface area contributed by atoms with Crippen LogP contribution in [0.15, 0.2) is 0 Å². The van der Waals surface area contributed by atoms with Gasteiger partial charge in [-0.25, -0.2) is 0 Å². The Bertz CT molecular complexity index is 279. The number of carbonyl (C=O) groups is 2. The fourth-order valence-electron chi connectivity index (χ4n) is 1.76. The Kier molecular flexibility index (Phi) is 5.41. The maximum absolute atomic E-state index is 11.8. The molecule has 5 nitrogen and oxygen atoms in total. The number of likely N-dealkylation sites (N-methyl/N-ethyl adjacent to an activating group) is 1. The highest BCUT2D eigenvalue weighted by Crippen LogP contribution is 2.04. The van der Waals surface area contributed by atoms with Crippen molar-refractivity contribution >= 4 is 11.8 Å². The van der Waals surface area contributed by atoms with Gasteiger partial charge in [-0.3, -0.25) is 9.59 Å². The van der Waals surface area contributed by atoms with E-state index in [-0.39, 0.29) is 18.4 Å². The predicted octanol–water partition coefficient (Wildman–Crippen LogP) is 0.0652. The van der Waals surface area contributed by atoms with E-state index in [1.165, 1.54) is 0 Å². The summed E-state index contributed by atoms with van der Waals surface area (Å²) in [5.41, 5.74) is 0. The Balaban J connectivity index is 2.22. The first-order valence-corrected chi connectivity index (χ1v) is 6.26. The number of nitrogens with one attached hydrogen (secondary N) is 1. The van der Waals surface area contributed by atoms with Crippen molar-refractivity contribution in [3.05, 3.63) is 0 Å². The Morgan fingerprint density at radius 2 is 2.12 bits per heavy atom. The first kappa shape index (κ1) is 14.0. The highest BCUT2D eigenvalue weighted by molar-refractivity contribution is 5.85. The third kappa shape index (κ3) is 4.73. The summed E-state index contributed by atoms with van der Waals surface area (Å²) >= 11 is 0. The van der Waals surface area contributed by atoms with Gasteiger partial charge in [0, 0.05) is 32.6 Å². The molecule has 0 aromatic heterocycles. The fourth-order valence-corrected chi connectivity index (χ4v) is 1.76. The van der Waals surface area contributed by atoms with Crippen LogP contribution in [0.25, 0.3) is 0 Å². The summed E-state index contributed by atoms with van der Waals surface area (Å²) in [6.45, 7) is 6.58. The van der Waals surface area contributed by atoms with Crippen molar-refractivity contribution in [2.24, 2.45) is 0 Å². The molecule has 2 amide bonds. The van der Waals surface area contributed by atoms with E-state index in [2.05, 4.69) is 19.2 Å². The van der Waals surface area contributed by atoms with E-state index in [1.54, 1.807) is 16.8 Å². The Labute approximate surface area is 103 Å². The SMILES string of the molecule is CC(C)NCCCC(=O)N1CCN(C)C(=O)C1. The summed E-state index contributed by atoms with van der Waals surface area (Å²) in [6, 6.07) is 0.454. The number of rotatable bonds is 5.